The van der Waals surface area contributed by atoms with Gasteiger partial charge in [-0.3, -0.25) is 0 Å². The summed E-state index contributed by atoms with van der Waals surface area (Å²) in [6.07, 6.45) is 1.90. The summed E-state index contributed by atoms with van der Waals surface area (Å²) in [5.74, 6) is 1.48. The molecule has 0 aromatic heterocycles. The monoisotopic (exact) mass is 250 g/mol. The average Bonchev–Trinajstić information content (AvgIpc) is 2.35. The first kappa shape index (κ1) is 14.8. The molecule has 2 atom stereocenters. The highest BCUT2D eigenvalue weighted by Gasteiger charge is 2.22. The molecule has 0 amide bonds. The Balaban J connectivity index is 2.94. The molecule has 0 saturated carbocycles. The van der Waals surface area contributed by atoms with Gasteiger partial charge in [0.25, 0.3) is 0 Å². The Labute approximate surface area is 110 Å². The second kappa shape index (κ2) is 6.10. The Morgan fingerprint density at radius 2 is 1.89 bits per heavy atom. The van der Waals surface area contributed by atoms with Crippen LogP contribution in [0.4, 0.5) is 0 Å². The second-order valence-electron chi connectivity index (χ2n) is 5.15. The minimum absolute atomic E-state index is 0.160. The number of rotatable bonds is 6. The highest BCUT2D eigenvalue weighted by atomic mass is 16.5. The first-order valence-corrected chi connectivity index (χ1v) is 6.24. The molecule has 101 valence electrons. The van der Waals surface area contributed by atoms with Crippen molar-refractivity contribution in [2.75, 3.05) is 14.2 Å². The molecule has 2 unspecified atom stereocenters. The van der Waals surface area contributed by atoms with Crippen LogP contribution in [-0.2, 0) is 5.41 Å². The van der Waals surface area contributed by atoms with Gasteiger partial charge in [-0.15, -0.1) is 0 Å². The zero-order valence-electron chi connectivity index (χ0n) is 11.8. The van der Waals surface area contributed by atoms with E-state index in [1.165, 1.54) is 0 Å². The maximum absolute atomic E-state index is 5.81. The van der Waals surface area contributed by atoms with Crippen molar-refractivity contribution in [3.05, 3.63) is 30.7 Å². The number of nitrogens with two attached hydrogens (primary N) is 1. The Bertz CT molecular complexity index is 386. The number of benzene rings is 1. The molecule has 18 heavy (non-hydrogen) atoms. The highest BCUT2D eigenvalue weighted by Crippen LogP contribution is 2.35. The number of methoxy groups -OCH3 is 2. The van der Waals surface area contributed by atoms with Gasteiger partial charge in [0.1, 0.15) is 0 Å². The fraction of sp³-hybridized carbons (Fsp3) is 0.533. The van der Waals surface area contributed by atoms with Crippen LogP contribution in [-0.4, -0.2) is 20.3 Å². The molecule has 0 heterocycles. The molecule has 0 bridgehead atoms. The van der Waals surface area contributed by atoms with Crippen molar-refractivity contribution in [3.8, 4) is 11.5 Å². The third kappa shape index (κ3) is 3.64. The summed E-state index contributed by atoms with van der Waals surface area (Å²) < 4.78 is 10.6. The van der Waals surface area contributed by atoms with Crippen molar-refractivity contribution in [2.45, 2.75) is 38.1 Å². The fourth-order valence-electron chi connectivity index (χ4n) is 1.90. The molecular weight excluding hydrogens is 226 g/mol. The summed E-state index contributed by atoms with van der Waals surface area (Å²) in [4.78, 5) is 0. The van der Waals surface area contributed by atoms with Crippen LogP contribution in [0.25, 0.3) is 0 Å². The van der Waals surface area contributed by atoms with Crippen LogP contribution in [0.5, 0.6) is 11.5 Å². The predicted octanol–water partition coefficient (Wildman–Crippen LogP) is 2.92. The van der Waals surface area contributed by atoms with Crippen molar-refractivity contribution in [1.29, 1.82) is 0 Å². The van der Waals surface area contributed by atoms with E-state index >= 15 is 0 Å². The third-order valence-corrected chi connectivity index (χ3v) is 3.23. The normalized spacial score (nSPS) is 13.2. The summed E-state index contributed by atoms with van der Waals surface area (Å²) >= 11 is 0. The lowest BCUT2D eigenvalue weighted by Gasteiger charge is -2.26. The molecule has 2 N–H and O–H groups in total. The van der Waals surface area contributed by atoms with Gasteiger partial charge in [-0.2, -0.15) is 0 Å². The van der Waals surface area contributed by atoms with Crippen LogP contribution in [0, 0.1) is 6.92 Å². The van der Waals surface area contributed by atoms with Crippen LogP contribution in [0.15, 0.2) is 18.2 Å². The number of hydrogen-bond acceptors (Lipinski definition) is 3. The van der Waals surface area contributed by atoms with E-state index in [0.29, 0.717) is 0 Å². The van der Waals surface area contributed by atoms with Crippen molar-refractivity contribution in [3.63, 3.8) is 0 Å². The van der Waals surface area contributed by atoms with Crippen molar-refractivity contribution in [2.24, 2.45) is 5.73 Å². The molecule has 3 nitrogen and oxygen atoms in total. The minimum atomic E-state index is -0.160. The standard InChI is InChI=1S/C15H24NO2/c1-11(16)8-9-15(2,3)12-6-7-13(17-4)14(10-12)18-5/h6-7,10-11H,2,8-9,16H2,1,3-5H3. The van der Waals surface area contributed by atoms with Crippen molar-refractivity contribution >= 4 is 0 Å². The van der Waals surface area contributed by atoms with Crippen molar-refractivity contribution in [1.82, 2.24) is 0 Å². The lowest BCUT2D eigenvalue weighted by Crippen LogP contribution is -2.23. The lowest BCUT2D eigenvalue weighted by molar-refractivity contribution is 0.353. The minimum Gasteiger partial charge on any atom is -0.493 e. The van der Waals surface area contributed by atoms with E-state index in [9.17, 15) is 0 Å². The largest absolute Gasteiger partial charge is 0.493 e. The summed E-state index contributed by atoms with van der Waals surface area (Å²) in [7, 11) is 3.28. The molecule has 1 radical (unpaired) electrons. The van der Waals surface area contributed by atoms with Gasteiger partial charge in [0.05, 0.1) is 14.2 Å². The molecule has 0 aliphatic rings. The molecule has 0 aliphatic carbocycles. The maximum Gasteiger partial charge on any atom is 0.161 e. The second-order valence-corrected chi connectivity index (χ2v) is 5.15. The Hall–Kier alpha value is -1.22. The Kier molecular flexibility index (Phi) is 5.03. The van der Waals surface area contributed by atoms with E-state index in [4.69, 9.17) is 15.2 Å². The zero-order valence-corrected chi connectivity index (χ0v) is 11.8. The molecule has 1 rings (SSSR count). The lowest BCUT2D eigenvalue weighted by atomic mass is 9.79. The van der Waals surface area contributed by atoms with Crippen LogP contribution in [0.1, 0.15) is 32.3 Å². The molecule has 1 aromatic carbocycles. The van der Waals surface area contributed by atoms with E-state index in [1.54, 1.807) is 14.2 Å². The van der Waals surface area contributed by atoms with Gasteiger partial charge in [-0.05, 0) is 49.8 Å². The van der Waals surface area contributed by atoms with Crippen LogP contribution in [0.3, 0.4) is 0 Å². The molecular formula is C15H24NO2. The molecule has 0 saturated heterocycles. The van der Waals surface area contributed by atoms with Gasteiger partial charge in [0.15, 0.2) is 11.5 Å². The first-order chi connectivity index (χ1) is 8.40. The van der Waals surface area contributed by atoms with Crippen LogP contribution >= 0.6 is 0 Å². The van der Waals surface area contributed by atoms with Crippen LogP contribution in [0.2, 0.25) is 0 Å². The smallest absolute Gasteiger partial charge is 0.161 e. The predicted molar refractivity (Wildman–Crippen MR) is 75.1 cm³/mol. The maximum atomic E-state index is 5.81. The summed E-state index contributed by atoms with van der Waals surface area (Å²) in [5, 5.41) is 0. The average molecular weight is 250 g/mol. The fourth-order valence-corrected chi connectivity index (χ4v) is 1.90. The quantitative estimate of drug-likeness (QED) is 0.844. The van der Waals surface area contributed by atoms with E-state index in [2.05, 4.69) is 13.8 Å². The van der Waals surface area contributed by atoms with E-state index in [1.807, 2.05) is 25.1 Å². The van der Waals surface area contributed by atoms with Crippen LogP contribution < -0.4 is 15.2 Å². The molecule has 0 fully saturated rings. The molecule has 0 spiro atoms. The molecule has 3 heteroatoms. The van der Waals surface area contributed by atoms with E-state index in [0.717, 1.165) is 29.9 Å². The van der Waals surface area contributed by atoms with E-state index in [-0.39, 0.29) is 11.5 Å². The van der Waals surface area contributed by atoms with Crippen molar-refractivity contribution < 1.29 is 9.47 Å². The summed E-state index contributed by atoms with van der Waals surface area (Å²) in [6.45, 7) is 8.43. The van der Waals surface area contributed by atoms with E-state index < -0.39 is 0 Å². The summed E-state index contributed by atoms with van der Waals surface area (Å²) in [5.41, 5.74) is 6.79. The van der Waals surface area contributed by atoms with Gasteiger partial charge < -0.3 is 15.2 Å². The van der Waals surface area contributed by atoms with Gasteiger partial charge in [0.2, 0.25) is 0 Å². The molecule has 0 aliphatic heterocycles. The van der Waals surface area contributed by atoms with Gasteiger partial charge in [0, 0.05) is 6.04 Å². The first-order valence-electron chi connectivity index (χ1n) is 6.24. The SMILES string of the molecule is [CH2]C(C)(CCC(C)N)c1ccc(OC)c(OC)c1. The topological polar surface area (TPSA) is 44.5 Å². The zero-order chi connectivity index (χ0) is 13.8. The summed E-state index contributed by atoms with van der Waals surface area (Å²) in [6, 6.07) is 6.15. The third-order valence-electron chi connectivity index (χ3n) is 3.23. The number of hydrogen-bond donors (Lipinski definition) is 1. The molecule has 1 aromatic rings. The highest BCUT2D eigenvalue weighted by molar-refractivity contribution is 5.45. The Morgan fingerprint density at radius 3 is 2.39 bits per heavy atom. The van der Waals surface area contributed by atoms with Gasteiger partial charge >= 0.3 is 0 Å². The Morgan fingerprint density at radius 1 is 1.28 bits per heavy atom. The van der Waals surface area contributed by atoms with Gasteiger partial charge in [-0.25, -0.2) is 0 Å². The number of ether oxygens (including phenoxy) is 2. The van der Waals surface area contributed by atoms with Gasteiger partial charge in [-0.1, -0.05) is 13.0 Å².